The van der Waals surface area contributed by atoms with E-state index in [9.17, 15) is 4.79 Å². The second kappa shape index (κ2) is 10.6. The highest BCUT2D eigenvalue weighted by molar-refractivity contribution is 6.00. The Bertz CT molecular complexity index is 986. The van der Waals surface area contributed by atoms with Crippen molar-refractivity contribution in [2.75, 3.05) is 13.2 Å². The molecule has 1 fully saturated rings. The molecule has 0 bridgehead atoms. The fraction of sp³-hybridized carbons (Fsp3) is 0.385. The number of hydrazine groups is 1. The van der Waals surface area contributed by atoms with Crippen LogP contribution in [0.4, 0.5) is 0 Å². The molecule has 7 nitrogen and oxygen atoms in total. The summed E-state index contributed by atoms with van der Waals surface area (Å²) in [6.07, 6.45) is 6.67. The maximum absolute atomic E-state index is 13.3. The van der Waals surface area contributed by atoms with Crippen molar-refractivity contribution < 1.29 is 19.4 Å². The fourth-order valence-corrected chi connectivity index (χ4v) is 3.63. The molecule has 4 rings (SSSR count). The minimum atomic E-state index is -1.07. The lowest BCUT2D eigenvalue weighted by atomic mass is 9.89. The van der Waals surface area contributed by atoms with Crippen molar-refractivity contribution in [2.24, 2.45) is 4.99 Å². The topological polar surface area (TPSA) is 92.2 Å². The van der Waals surface area contributed by atoms with E-state index < -0.39 is 11.6 Å². The van der Waals surface area contributed by atoms with Gasteiger partial charge >= 0.3 is 0 Å². The molecular formula is C26H31N3O4. The zero-order valence-electron chi connectivity index (χ0n) is 18.9. The number of amides is 1. The van der Waals surface area contributed by atoms with Crippen LogP contribution < -0.4 is 15.6 Å². The van der Waals surface area contributed by atoms with Crippen LogP contribution in [0.15, 0.2) is 65.7 Å². The molecule has 0 radical (unpaired) electrons. The average Bonchev–Trinajstić information content (AvgIpc) is 3.61. The number of nitrogens with one attached hydrogen (secondary N) is 2. The molecular weight excluding hydrogens is 418 g/mol. The Hall–Kier alpha value is -3.16. The summed E-state index contributed by atoms with van der Waals surface area (Å²) in [6.45, 7) is 2.43. The van der Waals surface area contributed by atoms with Crippen LogP contribution >= 0.6 is 0 Å². The molecule has 2 aromatic carbocycles. The lowest BCUT2D eigenvalue weighted by Crippen LogP contribution is -2.55. The molecule has 0 saturated heterocycles. The van der Waals surface area contributed by atoms with Gasteiger partial charge in [-0.15, -0.1) is 0 Å². The highest BCUT2D eigenvalue weighted by Crippen LogP contribution is 2.33. The van der Waals surface area contributed by atoms with Crippen LogP contribution in [-0.4, -0.2) is 47.8 Å². The normalized spacial score (nSPS) is 22.1. The van der Waals surface area contributed by atoms with Gasteiger partial charge in [0, 0.05) is 31.1 Å². The van der Waals surface area contributed by atoms with Crippen molar-refractivity contribution >= 4 is 17.9 Å². The zero-order valence-corrected chi connectivity index (χ0v) is 18.9. The molecule has 3 N–H and O–H groups in total. The van der Waals surface area contributed by atoms with Gasteiger partial charge in [-0.3, -0.25) is 10.2 Å². The molecule has 0 aromatic heterocycles. The molecule has 7 heteroatoms. The fourth-order valence-electron chi connectivity index (χ4n) is 3.63. The lowest BCUT2D eigenvalue weighted by Gasteiger charge is -2.27. The van der Waals surface area contributed by atoms with Gasteiger partial charge in [-0.2, -0.15) is 0 Å². The summed E-state index contributed by atoms with van der Waals surface area (Å²) < 4.78 is 11.7. The first-order valence-electron chi connectivity index (χ1n) is 11.5. The van der Waals surface area contributed by atoms with Crippen molar-refractivity contribution in [1.29, 1.82) is 0 Å². The van der Waals surface area contributed by atoms with Crippen molar-refractivity contribution in [3.05, 3.63) is 71.8 Å². The van der Waals surface area contributed by atoms with Crippen LogP contribution in [0.1, 0.15) is 43.7 Å². The second-order valence-electron chi connectivity index (χ2n) is 8.44. The Kier molecular flexibility index (Phi) is 7.42. The number of hydrogen-bond acceptors (Lipinski definition) is 6. The van der Waals surface area contributed by atoms with Gasteiger partial charge < -0.3 is 14.6 Å². The van der Waals surface area contributed by atoms with Crippen LogP contribution in [0, 0.1) is 0 Å². The highest BCUT2D eigenvalue weighted by atomic mass is 16.5. The standard InChI is InChI=1S/C26H31N3O4/c1-19-26(25(31)29-28-22-12-13-22,16-5-9-20-7-3-2-4-8-20)27-24(33-19)21-10-14-23(15-11-21)32-18-6-17-30/h2-5,7-11,14-15,19,22,28,30H,6,12-13,16-18H2,1H3,(H,29,31)/b9-5+/t19-,26-/m0/s1. The first kappa shape index (κ1) is 23.0. The van der Waals surface area contributed by atoms with E-state index in [1.54, 1.807) is 0 Å². The number of carbonyl (C=O) groups is 1. The molecule has 2 atom stereocenters. The molecule has 1 saturated carbocycles. The summed E-state index contributed by atoms with van der Waals surface area (Å²) in [6, 6.07) is 17.7. The molecule has 174 valence electrons. The van der Waals surface area contributed by atoms with Gasteiger partial charge in [0.05, 0.1) is 6.61 Å². The maximum atomic E-state index is 13.3. The Morgan fingerprint density at radius 3 is 2.67 bits per heavy atom. The highest BCUT2D eigenvalue weighted by Gasteiger charge is 2.49. The van der Waals surface area contributed by atoms with Crippen LogP contribution in [-0.2, 0) is 9.53 Å². The monoisotopic (exact) mass is 449 g/mol. The summed E-state index contributed by atoms with van der Waals surface area (Å²) in [7, 11) is 0. The van der Waals surface area contributed by atoms with E-state index >= 15 is 0 Å². The minimum absolute atomic E-state index is 0.0963. The molecule has 1 amide bonds. The predicted octanol–water partition coefficient (Wildman–Crippen LogP) is 3.24. The number of rotatable bonds is 11. The Labute approximate surface area is 194 Å². The van der Waals surface area contributed by atoms with Gasteiger partial charge in [0.1, 0.15) is 11.9 Å². The number of nitrogens with zero attached hydrogens (tertiary/aromatic N) is 1. The van der Waals surface area contributed by atoms with Crippen molar-refractivity contribution in [3.8, 4) is 5.75 Å². The average molecular weight is 450 g/mol. The Balaban J connectivity index is 1.53. The summed E-state index contributed by atoms with van der Waals surface area (Å²) in [5.41, 5.74) is 6.74. The Morgan fingerprint density at radius 2 is 1.97 bits per heavy atom. The molecule has 2 aliphatic rings. The molecule has 0 spiro atoms. The number of benzene rings is 2. The summed E-state index contributed by atoms with van der Waals surface area (Å²) in [5, 5.41) is 8.89. The predicted molar refractivity (Wildman–Crippen MR) is 128 cm³/mol. The quantitative estimate of drug-likeness (QED) is 0.362. The third-order valence-corrected chi connectivity index (χ3v) is 5.83. The van der Waals surface area contributed by atoms with E-state index in [0.717, 1.165) is 24.0 Å². The third kappa shape index (κ3) is 5.80. The van der Waals surface area contributed by atoms with Crippen molar-refractivity contribution in [2.45, 2.75) is 50.3 Å². The number of aliphatic hydroxyl groups is 1. The molecule has 1 aliphatic carbocycles. The lowest BCUT2D eigenvalue weighted by molar-refractivity contribution is -0.129. The van der Waals surface area contributed by atoms with Gasteiger partial charge in [0.15, 0.2) is 5.54 Å². The van der Waals surface area contributed by atoms with Gasteiger partial charge in [-0.25, -0.2) is 10.4 Å². The first-order chi connectivity index (χ1) is 16.1. The summed E-state index contributed by atoms with van der Waals surface area (Å²) in [5.74, 6) is 0.958. The van der Waals surface area contributed by atoms with E-state index in [2.05, 4.69) is 10.9 Å². The van der Waals surface area contributed by atoms with Crippen molar-refractivity contribution in [1.82, 2.24) is 10.9 Å². The number of aliphatic hydroxyl groups excluding tert-OH is 1. The summed E-state index contributed by atoms with van der Waals surface area (Å²) >= 11 is 0. The maximum Gasteiger partial charge on any atom is 0.266 e. The summed E-state index contributed by atoms with van der Waals surface area (Å²) in [4.78, 5) is 18.1. The van der Waals surface area contributed by atoms with Crippen LogP contribution in [0.5, 0.6) is 5.75 Å². The molecule has 1 heterocycles. The second-order valence-corrected chi connectivity index (χ2v) is 8.44. The van der Waals surface area contributed by atoms with E-state index in [1.165, 1.54) is 0 Å². The first-order valence-corrected chi connectivity index (χ1v) is 11.5. The van der Waals surface area contributed by atoms with Crippen LogP contribution in [0.3, 0.4) is 0 Å². The van der Waals surface area contributed by atoms with Gasteiger partial charge in [-0.1, -0.05) is 42.5 Å². The minimum Gasteiger partial charge on any atom is -0.494 e. The largest absolute Gasteiger partial charge is 0.494 e. The van der Waals surface area contributed by atoms with E-state index in [-0.39, 0.29) is 12.5 Å². The zero-order chi connectivity index (χ0) is 23.1. The van der Waals surface area contributed by atoms with E-state index in [4.69, 9.17) is 19.6 Å². The number of carbonyl (C=O) groups excluding carboxylic acids is 1. The van der Waals surface area contributed by atoms with Gasteiger partial charge in [-0.05, 0) is 49.6 Å². The molecule has 33 heavy (non-hydrogen) atoms. The smallest absolute Gasteiger partial charge is 0.266 e. The van der Waals surface area contributed by atoms with Crippen LogP contribution in [0.2, 0.25) is 0 Å². The molecule has 2 aromatic rings. The number of aliphatic imine (C=N–C) groups is 1. The van der Waals surface area contributed by atoms with Gasteiger partial charge in [0.25, 0.3) is 5.91 Å². The number of ether oxygens (including phenoxy) is 2. The Morgan fingerprint density at radius 1 is 1.21 bits per heavy atom. The molecule has 1 aliphatic heterocycles. The van der Waals surface area contributed by atoms with E-state index in [1.807, 2.05) is 73.7 Å². The molecule has 0 unspecified atom stereocenters. The third-order valence-electron chi connectivity index (χ3n) is 5.83. The van der Waals surface area contributed by atoms with Crippen molar-refractivity contribution in [3.63, 3.8) is 0 Å². The van der Waals surface area contributed by atoms with Gasteiger partial charge in [0.2, 0.25) is 5.90 Å². The number of hydrogen-bond donors (Lipinski definition) is 3. The SMILES string of the molecule is C[C@@H]1OC(c2ccc(OCCCO)cc2)=N[C@]1(C/C=C/c1ccccc1)C(=O)NNC1CC1. The van der Waals surface area contributed by atoms with Crippen LogP contribution in [0.25, 0.3) is 6.08 Å². The van der Waals surface area contributed by atoms with E-state index in [0.29, 0.717) is 37.1 Å².